The molecule has 1 aromatic carbocycles. The van der Waals surface area contributed by atoms with Gasteiger partial charge in [-0.1, -0.05) is 0 Å². The van der Waals surface area contributed by atoms with Gasteiger partial charge in [-0.05, 0) is 13.8 Å². The molecule has 0 aliphatic rings. The molecule has 8 nitrogen and oxygen atoms in total. The van der Waals surface area contributed by atoms with Crippen LogP contribution in [0, 0.1) is 11.3 Å². The van der Waals surface area contributed by atoms with Crippen LogP contribution in [0.25, 0.3) is 0 Å². The number of ether oxygens (including phenoxy) is 2. The molecule has 0 aliphatic heterocycles. The van der Waals surface area contributed by atoms with Gasteiger partial charge in [0.05, 0.1) is 31.3 Å². The lowest BCUT2D eigenvalue weighted by atomic mass is 10.1. The molecule has 3 N–H and O–H groups in total. The molecule has 0 radical (unpaired) electrons. The zero-order valence-corrected chi connectivity index (χ0v) is 16.0. The van der Waals surface area contributed by atoms with E-state index in [0.717, 1.165) is 0 Å². The maximum absolute atomic E-state index is 10.1. The van der Waals surface area contributed by atoms with E-state index in [1.165, 1.54) is 7.11 Å². The molecule has 0 fully saturated rings. The number of hydrogen-bond donors (Lipinski definition) is 3. The van der Waals surface area contributed by atoms with E-state index >= 15 is 0 Å². The van der Waals surface area contributed by atoms with Crippen molar-refractivity contribution in [2.75, 3.05) is 41.0 Å². The lowest BCUT2D eigenvalue weighted by molar-refractivity contribution is 0.0894. The van der Waals surface area contributed by atoms with E-state index in [9.17, 15) is 15.5 Å². The van der Waals surface area contributed by atoms with Crippen molar-refractivity contribution in [1.29, 1.82) is 5.26 Å². The fraction of sp³-hybridized carbons (Fsp3) is 0.556. The highest BCUT2D eigenvalue weighted by Gasteiger charge is 2.18. The Bertz CT molecular complexity index is 653. The summed E-state index contributed by atoms with van der Waals surface area (Å²) in [6, 6.07) is 5.24. The van der Waals surface area contributed by atoms with Gasteiger partial charge in [0.2, 0.25) is 0 Å². The molecule has 8 heteroatoms. The quantitative estimate of drug-likeness (QED) is 0.418. The Morgan fingerprint density at radius 1 is 1.38 bits per heavy atom. The molecule has 0 amide bonds. The summed E-state index contributed by atoms with van der Waals surface area (Å²) in [5.41, 5.74) is 0.325. The molecule has 144 valence electrons. The summed E-state index contributed by atoms with van der Waals surface area (Å²) < 4.78 is 10.9. The number of β-amino-alcohol motifs (C(OH)–C–C–N with tert-alkyl or cyclic N) is 1. The van der Waals surface area contributed by atoms with Crippen molar-refractivity contribution in [3.63, 3.8) is 0 Å². The Hall–Kier alpha value is -2.34. The second kappa shape index (κ2) is 9.97. The molecule has 0 bridgehead atoms. The Labute approximate surface area is 154 Å². The molecule has 0 heterocycles. The zero-order valence-electron chi connectivity index (χ0n) is 16.0. The second-order valence-corrected chi connectivity index (χ2v) is 6.73. The Kier molecular flexibility index (Phi) is 8.32. The lowest BCUT2D eigenvalue weighted by Gasteiger charge is -2.25. The first kappa shape index (κ1) is 21.7. The number of rotatable bonds is 10. The number of benzene rings is 1. The predicted molar refractivity (Wildman–Crippen MR) is 100 cm³/mol. The van der Waals surface area contributed by atoms with Crippen LogP contribution in [0.3, 0.4) is 0 Å². The van der Waals surface area contributed by atoms with Crippen molar-refractivity contribution in [3.8, 4) is 17.6 Å². The molecule has 0 unspecified atom stereocenters. The minimum atomic E-state index is -0.782. The Morgan fingerprint density at radius 3 is 2.62 bits per heavy atom. The first-order valence-electron chi connectivity index (χ1n) is 8.22. The maximum Gasteiger partial charge on any atom is 0.163 e. The summed E-state index contributed by atoms with van der Waals surface area (Å²) in [6.45, 7) is 3.90. The average Bonchev–Trinajstić information content (AvgIpc) is 2.62. The smallest absolute Gasteiger partial charge is 0.163 e. The highest BCUT2D eigenvalue weighted by molar-refractivity contribution is 5.68. The topological polar surface area (TPSA) is 110 Å². The van der Waals surface area contributed by atoms with Gasteiger partial charge < -0.3 is 29.9 Å². The SMILES string of the molecule is COc1cc(C#N)c(/N=C\N(C)C)cc1OC[C@@H](O)CNC(C)(C)CO. The van der Waals surface area contributed by atoms with E-state index in [1.54, 1.807) is 23.4 Å². The van der Waals surface area contributed by atoms with Crippen LogP contribution in [0.1, 0.15) is 19.4 Å². The van der Waals surface area contributed by atoms with Gasteiger partial charge in [-0.15, -0.1) is 0 Å². The van der Waals surface area contributed by atoms with Crippen LogP contribution >= 0.6 is 0 Å². The van der Waals surface area contributed by atoms with Crippen molar-refractivity contribution in [1.82, 2.24) is 10.2 Å². The molecule has 1 aromatic rings. The highest BCUT2D eigenvalue weighted by Crippen LogP contribution is 2.34. The van der Waals surface area contributed by atoms with Crippen molar-refractivity contribution < 1.29 is 19.7 Å². The molecule has 1 atom stereocenters. The van der Waals surface area contributed by atoms with Crippen LogP contribution in [0.4, 0.5) is 5.69 Å². The number of methoxy groups -OCH3 is 1. The fourth-order valence-corrected chi connectivity index (χ4v) is 1.89. The predicted octanol–water partition coefficient (Wildman–Crippen LogP) is 0.888. The van der Waals surface area contributed by atoms with Crippen molar-refractivity contribution >= 4 is 12.0 Å². The van der Waals surface area contributed by atoms with Crippen molar-refractivity contribution in [3.05, 3.63) is 17.7 Å². The first-order chi connectivity index (χ1) is 12.2. The molecular formula is C18H28N4O4. The third kappa shape index (κ3) is 6.88. The van der Waals surface area contributed by atoms with Gasteiger partial charge in [0.25, 0.3) is 0 Å². The van der Waals surface area contributed by atoms with Gasteiger partial charge in [-0.3, -0.25) is 0 Å². The number of nitrogens with zero attached hydrogens (tertiary/aromatic N) is 3. The molecule has 0 spiro atoms. The minimum absolute atomic E-state index is 0.0214. The molecule has 0 saturated heterocycles. The van der Waals surface area contributed by atoms with Gasteiger partial charge in [0.1, 0.15) is 18.8 Å². The van der Waals surface area contributed by atoms with Gasteiger partial charge in [0.15, 0.2) is 11.5 Å². The van der Waals surface area contributed by atoms with Crippen molar-refractivity contribution in [2.45, 2.75) is 25.5 Å². The summed E-state index contributed by atoms with van der Waals surface area (Å²) in [7, 11) is 5.13. The summed E-state index contributed by atoms with van der Waals surface area (Å²) in [6.07, 6.45) is 0.803. The summed E-state index contributed by atoms with van der Waals surface area (Å²) in [4.78, 5) is 6.01. The van der Waals surface area contributed by atoms with Gasteiger partial charge >= 0.3 is 0 Å². The normalized spacial score (nSPS) is 12.7. The number of aliphatic imine (C=N–C) groups is 1. The molecule has 0 aliphatic carbocycles. The van der Waals surface area contributed by atoms with Gasteiger partial charge in [-0.25, -0.2) is 4.99 Å². The average molecular weight is 364 g/mol. The van der Waals surface area contributed by atoms with Crippen LogP contribution in [0.2, 0.25) is 0 Å². The molecular weight excluding hydrogens is 336 g/mol. The maximum atomic E-state index is 10.1. The monoisotopic (exact) mass is 364 g/mol. The van der Waals surface area contributed by atoms with E-state index in [-0.39, 0.29) is 19.8 Å². The van der Waals surface area contributed by atoms with Crippen LogP contribution in [0.5, 0.6) is 11.5 Å². The van der Waals surface area contributed by atoms with E-state index in [1.807, 2.05) is 27.9 Å². The number of nitrogens with one attached hydrogen (secondary N) is 1. The fourth-order valence-electron chi connectivity index (χ4n) is 1.89. The van der Waals surface area contributed by atoms with Crippen LogP contribution in [-0.2, 0) is 0 Å². The Balaban J connectivity index is 2.87. The third-order valence-corrected chi connectivity index (χ3v) is 3.47. The lowest BCUT2D eigenvalue weighted by Crippen LogP contribution is -2.47. The van der Waals surface area contributed by atoms with Gasteiger partial charge in [0, 0.05) is 38.3 Å². The summed E-state index contributed by atoms with van der Waals surface area (Å²) in [5.74, 6) is 0.777. The summed E-state index contributed by atoms with van der Waals surface area (Å²) in [5, 5.41) is 31.6. The van der Waals surface area contributed by atoms with E-state index in [0.29, 0.717) is 22.7 Å². The van der Waals surface area contributed by atoms with Gasteiger partial charge in [-0.2, -0.15) is 5.26 Å². The number of hydrogen-bond acceptors (Lipinski definition) is 7. The van der Waals surface area contributed by atoms with Crippen LogP contribution in [0.15, 0.2) is 17.1 Å². The molecule has 1 rings (SSSR count). The van der Waals surface area contributed by atoms with Crippen molar-refractivity contribution in [2.24, 2.45) is 4.99 Å². The number of nitriles is 1. The standard InChI is InChI=1S/C18H28N4O4/c1-18(2,11-23)21-9-14(24)10-26-17-7-15(20-12-22(3)4)13(8-19)6-16(17)25-5/h6-7,12,14,21,23-24H,9-11H2,1-5H3/b20-12-/t14-/m0/s1. The number of aliphatic hydroxyl groups excluding tert-OH is 2. The largest absolute Gasteiger partial charge is 0.493 e. The second-order valence-electron chi connectivity index (χ2n) is 6.73. The third-order valence-electron chi connectivity index (χ3n) is 3.47. The Morgan fingerprint density at radius 2 is 2.08 bits per heavy atom. The zero-order chi connectivity index (χ0) is 19.7. The number of aliphatic hydroxyl groups is 2. The van der Waals surface area contributed by atoms with E-state index < -0.39 is 11.6 Å². The molecule has 0 saturated carbocycles. The summed E-state index contributed by atoms with van der Waals surface area (Å²) >= 11 is 0. The first-order valence-corrected chi connectivity index (χ1v) is 8.22. The highest BCUT2D eigenvalue weighted by atomic mass is 16.5. The van der Waals surface area contributed by atoms with Crippen LogP contribution in [-0.4, -0.2) is 74.1 Å². The molecule has 0 aromatic heterocycles. The van der Waals surface area contributed by atoms with E-state index in [2.05, 4.69) is 16.4 Å². The molecule has 26 heavy (non-hydrogen) atoms. The van der Waals surface area contributed by atoms with E-state index in [4.69, 9.17) is 9.47 Å². The minimum Gasteiger partial charge on any atom is -0.493 e. The van der Waals surface area contributed by atoms with Crippen LogP contribution < -0.4 is 14.8 Å².